The molecular weight excluding hydrogens is 371 g/mol. The summed E-state index contributed by atoms with van der Waals surface area (Å²) in [6.45, 7) is 1.99. The number of nitrogens with two attached hydrogens (primary N) is 1. The number of hydrogen-bond acceptors (Lipinski definition) is 2. The van der Waals surface area contributed by atoms with Gasteiger partial charge in [-0.1, -0.05) is 66.7 Å². The first kappa shape index (κ1) is 19.8. The van der Waals surface area contributed by atoms with Gasteiger partial charge < -0.3 is 11.1 Å². The molecule has 0 atom stereocenters. The number of allylic oxidation sites excluding steroid dienone is 2. The summed E-state index contributed by atoms with van der Waals surface area (Å²) in [7, 11) is 0. The second kappa shape index (κ2) is 8.50. The molecule has 1 fully saturated rings. The maximum atomic E-state index is 15.6. The molecule has 0 spiro atoms. The van der Waals surface area contributed by atoms with Gasteiger partial charge in [0.1, 0.15) is 5.82 Å². The summed E-state index contributed by atoms with van der Waals surface area (Å²) in [6.07, 6.45) is 7.24. The van der Waals surface area contributed by atoms with Crippen molar-refractivity contribution in [2.45, 2.75) is 19.8 Å². The van der Waals surface area contributed by atoms with Crippen LogP contribution in [-0.4, -0.2) is 6.21 Å². The fraction of sp³-hybridized carbons (Fsp3) is 0.148. The lowest BCUT2D eigenvalue weighted by Crippen LogP contribution is -2.04. The van der Waals surface area contributed by atoms with Gasteiger partial charge in [0, 0.05) is 17.5 Å². The highest BCUT2D eigenvalue weighted by Gasteiger charge is 2.31. The lowest BCUT2D eigenvalue weighted by molar-refractivity contribution is 0.623. The number of nitrogens with one attached hydrogen (secondary N) is 1. The quantitative estimate of drug-likeness (QED) is 0.268. The van der Waals surface area contributed by atoms with E-state index in [1.54, 1.807) is 12.1 Å². The van der Waals surface area contributed by atoms with Crippen molar-refractivity contribution in [3.05, 3.63) is 106 Å². The van der Waals surface area contributed by atoms with E-state index in [0.717, 1.165) is 46.9 Å². The van der Waals surface area contributed by atoms with E-state index in [-0.39, 0.29) is 11.3 Å². The van der Waals surface area contributed by atoms with Gasteiger partial charge in [0.25, 0.3) is 0 Å². The first-order valence-electron chi connectivity index (χ1n) is 10.3. The summed E-state index contributed by atoms with van der Waals surface area (Å²) >= 11 is 0. The Morgan fingerprint density at radius 2 is 1.67 bits per heavy atom. The van der Waals surface area contributed by atoms with E-state index in [4.69, 9.17) is 11.1 Å². The van der Waals surface area contributed by atoms with Gasteiger partial charge >= 0.3 is 0 Å². The van der Waals surface area contributed by atoms with Crippen molar-refractivity contribution in [3.63, 3.8) is 0 Å². The smallest absolute Gasteiger partial charge is 0.141 e. The number of hydrogen-bond donors (Lipinski definition) is 2. The highest BCUT2D eigenvalue weighted by Crippen LogP contribution is 2.48. The molecule has 3 N–H and O–H groups in total. The van der Waals surface area contributed by atoms with E-state index in [0.29, 0.717) is 11.5 Å². The van der Waals surface area contributed by atoms with Gasteiger partial charge in [0.2, 0.25) is 0 Å². The lowest BCUT2D eigenvalue weighted by atomic mass is 9.85. The average molecular weight is 397 g/mol. The summed E-state index contributed by atoms with van der Waals surface area (Å²) in [4.78, 5) is 0. The van der Waals surface area contributed by atoms with Crippen LogP contribution in [0.5, 0.6) is 0 Å². The molecule has 1 saturated carbocycles. The van der Waals surface area contributed by atoms with Crippen LogP contribution in [0.25, 0.3) is 17.2 Å². The Bertz CT molecular complexity index is 1120. The lowest BCUT2D eigenvalue weighted by Gasteiger charge is -2.19. The summed E-state index contributed by atoms with van der Waals surface area (Å²) in [5, 5.41) is 7.64. The molecule has 0 saturated heterocycles. The number of benzene rings is 3. The highest BCUT2D eigenvalue weighted by atomic mass is 19.1. The molecule has 3 heteroatoms. The van der Waals surface area contributed by atoms with Gasteiger partial charge in [0.05, 0.1) is 5.56 Å². The Morgan fingerprint density at radius 1 is 0.967 bits per heavy atom. The molecule has 0 aliphatic heterocycles. The van der Waals surface area contributed by atoms with E-state index >= 15 is 4.39 Å². The number of anilines is 1. The molecule has 3 aromatic carbocycles. The van der Waals surface area contributed by atoms with Gasteiger partial charge in [0.15, 0.2) is 0 Å². The largest absolute Gasteiger partial charge is 0.398 e. The van der Waals surface area contributed by atoms with Crippen LogP contribution < -0.4 is 5.73 Å². The van der Waals surface area contributed by atoms with Gasteiger partial charge in [-0.15, -0.1) is 0 Å². The minimum atomic E-state index is -0.438. The molecule has 0 amide bonds. The van der Waals surface area contributed by atoms with Gasteiger partial charge in [-0.3, -0.25) is 0 Å². The fourth-order valence-electron chi connectivity index (χ4n) is 3.93. The minimum absolute atomic E-state index is 0.138. The monoisotopic (exact) mass is 396 g/mol. The SMILES string of the molecule is C/C=C/c1ccc(/C(=C(\c2ccccc2)C2CC2)c2ccc(N)c(C=N)c2F)cc1. The van der Waals surface area contributed by atoms with Crippen molar-refractivity contribution in [2.75, 3.05) is 5.73 Å². The molecule has 4 rings (SSSR count). The van der Waals surface area contributed by atoms with E-state index in [1.165, 1.54) is 0 Å². The topological polar surface area (TPSA) is 49.9 Å². The molecule has 0 bridgehead atoms. The van der Waals surface area contributed by atoms with E-state index in [1.807, 2.05) is 37.3 Å². The summed E-state index contributed by atoms with van der Waals surface area (Å²) in [5.74, 6) is -0.0374. The third-order valence-electron chi connectivity index (χ3n) is 5.53. The molecule has 3 aromatic rings. The number of rotatable bonds is 6. The first-order valence-corrected chi connectivity index (χ1v) is 10.3. The molecule has 1 aliphatic rings. The van der Waals surface area contributed by atoms with Crippen LogP contribution >= 0.6 is 0 Å². The maximum Gasteiger partial charge on any atom is 0.141 e. The molecule has 0 aromatic heterocycles. The van der Waals surface area contributed by atoms with Crippen LogP contribution in [0.3, 0.4) is 0 Å². The molecule has 150 valence electrons. The van der Waals surface area contributed by atoms with Crippen molar-refractivity contribution in [1.82, 2.24) is 0 Å². The molecular formula is C27H25FN2. The molecule has 0 heterocycles. The second-order valence-corrected chi connectivity index (χ2v) is 7.63. The van der Waals surface area contributed by atoms with E-state index in [2.05, 4.69) is 36.4 Å². The van der Waals surface area contributed by atoms with Crippen LogP contribution in [0.2, 0.25) is 0 Å². The zero-order chi connectivity index (χ0) is 21.1. The molecule has 1 aliphatic carbocycles. The van der Waals surface area contributed by atoms with Crippen LogP contribution in [-0.2, 0) is 0 Å². The van der Waals surface area contributed by atoms with Crippen molar-refractivity contribution in [1.29, 1.82) is 5.41 Å². The third-order valence-corrected chi connectivity index (χ3v) is 5.53. The molecule has 2 nitrogen and oxygen atoms in total. The van der Waals surface area contributed by atoms with E-state index in [9.17, 15) is 0 Å². The maximum absolute atomic E-state index is 15.6. The van der Waals surface area contributed by atoms with Crippen LogP contribution in [0.15, 0.2) is 72.8 Å². The Hall–Kier alpha value is -3.46. The predicted molar refractivity (Wildman–Crippen MR) is 125 cm³/mol. The Balaban J connectivity index is 2.02. The number of nitrogen functional groups attached to an aromatic ring is 1. The van der Waals surface area contributed by atoms with Crippen molar-refractivity contribution < 1.29 is 4.39 Å². The second-order valence-electron chi connectivity index (χ2n) is 7.63. The molecule has 30 heavy (non-hydrogen) atoms. The van der Waals surface area contributed by atoms with Crippen molar-refractivity contribution >= 4 is 29.1 Å². The highest BCUT2D eigenvalue weighted by molar-refractivity contribution is 6.01. The van der Waals surface area contributed by atoms with E-state index < -0.39 is 5.82 Å². The Kier molecular flexibility index (Phi) is 5.62. The molecule has 0 radical (unpaired) electrons. The average Bonchev–Trinajstić information content (AvgIpc) is 3.60. The summed E-state index contributed by atoms with van der Waals surface area (Å²) in [5.41, 5.74) is 12.1. The first-order chi connectivity index (χ1) is 14.6. The van der Waals surface area contributed by atoms with Gasteiger partial charge in [-0.2, -0.15) is 0 Å². The van der Waals surface area contributed by atoms with Crippen molar-refractivity contribution in [3.8, 4) is 0 Å². The van der Waals surface area contributed by atoms with Crippen molar-refractivity contribution in [2.24, 2.45) is 5.92 Å². The zero-order valence-corrected chi connectivity index (χ0v) is 17.0. The summed E-state index contributed by atoms with van der Waals surface area (Å²) < 4.78 is 15.6. The summed E-state index contributed by atoms with van der Waals surface area (Å²) in [6, 6.07) is 21.9. The normalized spacial score (nSPS) is 14.6. The zero-order valence-electron chi connectivity index (χ0n) is 17.0. The molecule has 0 unspecified atom stereocenters. The van der Waals surface area contributed by atoms with Crippen LogP contribution in [0.4, 0.5) is 10.1 Å². The Labute approximate surface area is 177 Å². The predicted octanol–water partition coefficient (Wildman–Crippen LogP) is 6.81. The van der Waals surface area contributed by atoms with Crippen LogP contribution in [0.1, 0.15) is 47.6 Å². The van der Waals surface area contributed by atoms with Gasteiger partial charge in [-0.05, 0) is 65.7 Å². The number of halogens is 1. The Morgan fingerprint density at radius 3 is 2.27 bits per heavy atom. The fourth-order valence-corrected chi connectivity index (χ4v) is 3.93. The standard InChI is InChI=1S/C27H25FN2/c1-2-6-18-9-11-21(12-10-18)26(22-15-16-24(30)23(17-29)27(22)28)25(20-13-14-20)19-7-4-3-5-8-19/h2-12,15-17,20,29H,13-14,30H2,1H3/b6-2+,26-25-,29-17?. The van der Waals surface area contributed by atoms with Crippen LogP contribution in [0, 0.1) is 17.1 Å². The van der Waals surface area contributed by atoms with Gasteiger partial charge in [-0.25, -0.2) is 4.39 Å². The minimum Gasteiger partial charge on any atom is -0.398 e. The third kappa shape index (κ3) is 3.84.